The summed E-state index contributed by atoms with van der Waals surface area (Å²) in [7, 11) is 1.56. The summed E-state index contributed by atoms with van der Waals surface area (Å²) >= 11 is 0. The lowest BCUT2D eigenvalue weighted by Crippen LogP contribution is -1.96. The Bertz CT molecular complexity index is 303. The number of aromatic nitrogens is 2. The van der Waals surface area contributed by atoms with Gasteiger partial charge in [0.1, 0.15) is 0 Å². The molecule has 0 amide bonds. The first-order valence-corrected chi connectivity index (χ1v) is 2.87. The van der Waals surface area contributed by atoms with Gasteiger partial charge in [0.2, 0.25) is 0 Å². The van der Waals surface area contributed by atoms with Gasteiger partial charge in [-0.2, -0.15) is 0 Å². The van der Waals surface area contributed by atoms with E-state index in [-0.39, 0.29) is 11.5 Å². The third kappa shape index (κ3) is 1.26. The van der Waals surface area contributed by atoms with Gasteiger partial charge in [0.05, 0.1) is 0 Å². The van der Waals surface area contributed by atoms with Crippen LogP contribution in [0.15, 0.2) is 6.20 Å². The largest absolute Gasteiger partial charge is 0.476 e. The first-order chi connectivity index (χ1) is 5.15. The van der Waals surface area contributed by atoms with Crippen LogP contribution in [0.5, 0.6) is 0 Å². The highest BCUT2D eigenvalue weighted by molar-refractivity contribution is 5.86. The maximum absolute atomic E-state index is 10.3. The molecule has 58 valence electrons. The highest BCUT2D eigenvalue weighted by atomic mass is 16.4. The SMILES string of the molecule is Cn1cc(C(=O)O)nc1C=O. The van der Waals surface area contributed by atoms with Crippen molar-refractivity contribution in [3.8, 4) is 0 Å². The summed E-state index contributed by atoms with van der Waals surface area (Å²) in [5.74, 6) is -1.02. The minimum absolute atomic E-state index is 0.113. The second-order valence-electron chi connectivity index (χ2n) is 2.02. The number of rotatable bonds is 2. The molecule has 0 atom stereocenters. The van der Waals surface area contributed by atoms with Gasteiger partial charge in [-0.3, -0.25) is 4.79 Å². The van der Waals surface area contributed by atoms with E-state index in [9.17, 15) is 9.59 Å². The molecule has 0 radical (unpaired) electrons. The van der Waals surface area contributed by atoms with Crippen molar-refractivity contribution in [2.75, 3.05) is 0 Å². The number of imidazole rings is 1. The highest BCUT2D eigenvalue weighted by Gasteiger charge is 2.09. The minimum atomic E-state index is -1.13. The molecule has 1 N–H and O–H groups in total. The molecule has 0 saturated carbocycles. The molecular weight excluding hydrogens is 148 g/mol. The fourth-order valence-corrected chi connectivity index (χ4v) is 0.693. The molecule has 1 rings (SSSR count). The number of carbonyl (C=O) groups is 2. The van der Waals surface area contributed by atoms with Crippen LogP contribution in [-0.4, -0.2) is 26.9 Å². The summed E-state index contributed by atoms with van der Waals surface area (Å²) in [5.41, 5.74) is -0.116. The summed E-state index contributed by atoms with van der Waals surface area (Å²) in [6.07, 6.45) is 1.79. The molecule has 0 bridgehead atoms. The molecule has 5 heteroatoms. The molecule has 5 nitrogen and oxygen atoms in total. The van der Waals surface area contributed by atoms with Crippen molar-refractivity contribution in [1.29, 1.82) is 0 Å². The first kappa shape index (κ1) is 7.46. The molecule has 0 aromatic carbocycles. The van der Waals surface area contributed by atoms with Gasteiger partial charge >= 0.3 is 5.97 Å². The zero-order chi connectivity index (χ0) is 8.43. The quantitative estimate of drug-likeness (QED) is 0.605. The zero-order valence-electron chi connectivity index (χ0n) is 5.81. The Balaban J connectivity index is 3.14. The average Bonchev–Trinajstić information content (AvgIpc) is 2.31. The number of nitrogens with zero attached hydrogens (tertiary/aromatic N) is 2. The van der Waals surface area contributed by atoms with Crippen molar-refractivity contribution >= 4 is 12.3 Å². The average molecular weight is 154 g/mol. The van der Waals surface area contributed by atoms with Crippen molar-refractivity contribution < 1.29 is 14.7 Å². The van der Waals surface area contributed by atoms with Crippen LogP contribution in [0.1, 0.15) is 21.1 Å². The zero-order valence-corrected chi connectivity index (χ0v) is 5.81. The van der Waals surface area contributed by atoms with E-state index in [0.29, 0.717) is 6.29 Å². The Hall–Kier alpha value is -1.65. The van der Waals surface area contributed by atoms with E-state index in [2.05, 4.69) is 4.98 Å². The molecule has 0 saturated heterocycles. The van der Waals surface area contributed by atoms with Crippen molar-refractivity contribution in [1.82, 2.24) is 9.55 Å². The Morgan fingerprint density at radius 1 is 1.82 bits per heavy atom. The van der Waals surface area contributed by atoms with Gasteiger partial charge in [-0.1, -0.05) is 0 Å². The van der Waals surface area contributed by atoms with Crippen LogP contribution in [0.3, 0.4) is 0 Å². The second-order valence-corrected chi connectivity index (χ2v) is 2.02. The normalized spacial score (nSPS) is 9.55. The summed E-state index contributed by atoms with van der Waals surface area (Å²) in [4.78, 5) is 24.0. The van der Waals surface area contributed by atoms with Crippen LogP contribution in [0, 0.1) is 0 Å². The molecule has 1 aromatic rings. The smallest absolute Gasteiger partial charge is 0.356 e. The number of carboxylic acid groups (broad SMARTS) is 1. The van der Waals surface area contributed by atoms with Crippen LogP contribution in [0.4, 0.5) is 0 Å². The van der Waals surface area contributed by atoms with E-state index in [4.69, 9.17) is 5.11 Å². The number of aldehydes is 1. The fraction of sp³-hybridized carbons (Fsp3) is 0.167. The minimum Gasteiger partial charge on any atom is -0.476 e. The Labute approximate surface area is 62.3 Å². The van der Waals surface area contributed by atoms with Gasteiger partial charge in [0.15, 0.2) is 17.8 Å². The predicted molar refractivity (Wildman–Crippen MR) is 35.6 cm³/mol. The summed E-state index contributed by atoms with van der Waals surface area (Å²) in [6.45, 7) is 0. The van der Waals surface area contributed by atoms with E-state index in [1.54, 1.807) is 7.05 Å². The third-order valence-electron chi connectivity index (χ3n) is 1.24. The van der Waals surface area contributed by atoms with E-state index < -0.39 is 5.97 Å². The monoisotopic (exact) mass is 154 g/mol. The Morgan fingerprint density at radius 3 is 2.73 bits per heavy atom. The van der Waals surface area contributed by atoms with Gasteiger partial charge in [0, 0.05) is 13.2 Å². The molecule has 11 heavy (non-hydrogen) atoms. The molecular formula is C6H6N2O3. The molecule has 0 spiro atoms. The number of carboxylic acids is 1. The highest BCUT2D eigenvalue weighted by Crippen LogP contribution is 1.97. The lowest BCUT2D eigenvalue weighted by Gasteiger charge is -1.86. The fourth-order valence-electron chi connectivity index (χ4n) is 0.693. The number of carbonyl (C=O) groups excluding carboxylic acids is 1. The summed E-state index contributed by atoms with van der Waals surface area (Å²) in [6, 6.07) is 0. The standard InChI is InChI=1S/C6H6N2O3/c1-8-2-4(6(10)11)7-5(8)3-9/h2-3H,1H3,(H,10,11). The van der Waals surface area contributed by atoms with Crippen LogP contribution in [-0.2, 0) is 7.05 Å². The summed E-state index contributed by atoms with van der Waals surface area (Å²) in [5, 5.41) is 8.43. The van der Waals surface area contributed by atoms with Crippen molar-refractivity contribution in [3.05, 3.63) is 17.7 Å². The summed E-state index contributed by atoms with van der Waals surface area (Å²) < 4.78 is 1.36. The second kappa shape index (κ2) is 2.53. The Kier molecular flexibility index (Phi) is 1.72. The Morgan fingerprint density at radius 2 is 2.45 bits per heavy atom. The predicted octanol–water partition coefficient (Wildman–Crippen LogP) is -0.0692. The maximum Gasteiger partial charge on any atom is 0.356 e. The molecule has 1 aromatic heterocycles. The number of aryl methyl sites for hydroxylation is 1. The van der Waals surface area contributed by atoms with E-state index in [0.717, 1.165) is 0 Å². The van der Waals surface area contributed by atoms with Crippen LogP contribution in [0.2, 0.25) is 0 Å². The number of hydrogen-bond acceptors (Lipinski definition) is 3. The molecule has 0 aliphatic rings. The number of aromatic carboxylic acids is 1. The van der Waals surface area contributed by atoms with Crippen LogP contribution in [0.25, 0.3) is 0 Å². The lowest BCUT2D eigenvalue weighted by atomic mass is 10.5. The van der Waals surface area contributed by atoms with E-state index >= 15 is 0 Å². The van der Waals surface area contributed by atoms with Gasteiger partial charge in [-0.25, -0.2) is 9.78 Å². The van der Waals surface area contributed by atoms with Crippen LogP contribution >= 0.6 is 0 Å². The molecule has 0 aliphatic heterocycles. The molecule has 0 aliphatic carbocycles. The third-order valence-corrected chi connectivity index (χ3v) is 1.24. The van der Waals surface area contributed by atoms with Crippen molar-refractivity contribution in [3.63, 3.8) is 0 Å². The first-order valence-electron chi connectivity index (χ1n) is 2.87. The van der Waals surface area contributed by atoms with E-state index in [1.165, 1.54) is 10.8 Å². The lowest BCUT2D eigenvalue weighted by molar-refractivity contribution is 0.0691. The molecule has 1 heterocycles. The van der Waals surface area contributed by atoms with Crippen molar-refractivity contribution in [2.45, 2.75) is 0 Å². The van der Waals surface area contributed by atoms with Gasteiger partial charge in [-0.05, 0) is 0 Å². The van der Waals surface area contributed by atoms with Gasteiger partial charge < -0.3 is 9.67 Å². The van der Waals surface area contributed by atoms with Gasteiger partial charge in [0.25, 0.3) is 0 Å². The topological polar surface area (TPSA) is 72.2 Å². The molecule has 0 unspecified atom stereocenters. The van der Waals surface area contributed by atoms with Gasteiger partial charge in [-0.15, -0.1) is 0 Å². The van der Waals surface area contributed by atoms with Crippen LogP contribution < -0.4 is 0 Å². The molecule has 0 fully saturated rings. The maximum atomic E-state index is 10.3. The van der Waals surface area contributed by atoms with Crippen molar-refractivity contribution in [2.24, 2.45) is 7.05 Å². The van der Waals surface area contributed by atoms with E-state index in [1.807, 2.05) is 0 Å². The number of hydrogen-bond donors (Lipinski definition) is 1.